The van der Waals surface area contributed by atoms with Gasteiger partial charge in [0.1, 0.15) is 5.54 Å². The van der Waals surface area contributed by atoms with Gasteiger partial charge in [-0.15, -0.1) is 0 Å². The smallest absolute Gasteiger partial charge is 0.242 e. The lowest BCUT2D eigenvalue weighted by Gasteiger charge is -2.24. The van der Waals surface area contributed by atoms with Crippen LogP contribution in [0.2, 0.25) is 0 Å². The third kappa shape index (κ3) is 2.63. The number of pyridine rings is 1. The van der Waals surface area contributed by atoms with Gasteiger partial charge in [-0.1, -0.05) is 0 Å². The molecule has 0 saturated carbocycles. The number of primary amides is 1. The molecule has 2 aromatic rings. The van der Waals surface area contributed by atoms with Crippen LogP contribution in [0.25, 0.3) is 10.9 Å². The Balaban J connectivity index is 2.57. The molecule has 1 heterocycles. The van der Waals surface area contributed by atoms with Crippen LogP contribution < -0.4 is 16.8 Å². The Morgan fingerprint density at radius 2 is 2.11 bits per heavy atom. The van der Waals surface area contributed by atoms with Crippen molar-refractivity contribution < 1.29 is 4.79 Å². The van der Waals surface area contributed by atoms with E-state index in [2.05, 4.69) is 26.2 Å². The first-order valence-electron chi connectivity index (χ1n) is 5.73. The van der Waals surface area contributed by atoms with Crippen LogP contribution in [0.4, 0.5) is 11.4 Å². The van der Waals surface area contributed by atoms with Crippen molar-refractivity contribution >= 4 is 44.1 Å². The highest BCUT2D eigenvalue weighted by molar-refractivity contribution is 9.10. The summed E-state index contributed by atoms with van der Waals surface area (Å²) < 4.78 is 0.845. The molecule has 2 rings (SSSR count). The molecule has 1 aromatic heterocycles. The molecule has 1 aromatic carbocycles. The fourth-order valence-electron chi connectivity index (χ4n) is 1.71. The summed E-state index contributed by atoms with van der Waals surface area (Å²) in [4.78, 5) is 15.7. The lowest BCUT2D eigenvalue weighted by Crippen LogP contribution is -2.45. The predicted molar refractivity (Wildman–Crippen MR) is 80.8 cm³/mol. The topological polar surface area (TPSA) is 94.0 Å². The molecule has 0 spiro atoms. The van der Waals surface area contributed by atoms with E-state index in [1.165, 1.54) is 0 Å². The highest BCUT2D eigenvalue weighted by Crippen LogP contribution is 2.30. The van der Waals surface area contributed by atoms with E-state index in [1.54, 1.807) is 32.2 Å². The van der Waals surface area contributed by atoms with Crippen molar-refractivity contribution in [1.82, 2.24) is 4.98 Å². The van der Waals surface area contributed by atoms with E-state index in [9.17, 15) is 4.79 Å². The van der Waals surface area contributed by atoms with E-state index in [-0.39, 0.29) is 0 Å². The van der Waals surface area contributed by atoms with Gasteiger partial charge in [-0.05, 0) is 48.0 Å². The first kappa shape index (κ1) is 13.6. The van der Waals surface area contributed by atoms with Crippen molar-refractivity contribution in [3.8, 4) is 0 Å². The standard InChI is InChI=1S/C13H15BrN4O/c1-13(2,12(16)19)18-10-4-3-9(15)8-5-7(14)6-17-11(8)10/h3-6,18H,15H2,1-2H3,(H2,16,19). The number of carbonyl (C=O) groups is 1. The van der Waals surface area contributed by atoms with E-state index in [1.807, 2.05) is 6.07 Å². The number of nitrogens with two attached hydrogens (primary N) is 2. The molecule has 5 nitrogen and oxygen atoms in total. The van der Waals surface area contributed by atoms with Gasteiger partial charge in [0.05, 0.1) is 11.2 Å². The number of hydrogen-bond acceptors (Lipinski definition) is 4. The predicted octanol–water partition coefficient (Wildman–Crippen LogP) is 2.26. The molecule has 0 atom stereocenters. The summed E-state index contributed by atoms with van der Waals surface area (Å²) in [6, 6.07) is 5.46. The fourth-order valence-corrected chi connectivity index (χ4v) is 2.05. The average Bonchev–Trinajstić information content (AvgIpc) is 2.32. The van der Waals surface area contributed by atoms with E-state index in [4.69, 9.17) is 11.5 Å². The summed E-state index contributed by atoms with van der Waals surface area (Å²) >= 11 is 3.36. The number of aromatic nitrogens is 1. The van der Waals surface area contributed by atoms with Crippen LogP contribution in [-0.2, 0) is 4.79 Å². The van der Waals surface area contributed by atoms with Gasteiger partial charge in [-0.3, -0.25) is 9.78 Å². The van der Waals surface area contributed by atoms with Crippen molar-refractivity contribution in [2.24, 2.45) is 5.73 Å². The maximum atomic E-state index is 11.4. The van der Waals surface area contributed by atoms with Crippen molar-refractivity contribution in [3.05, 3.63) is 28.9 Å². The van der Waals surface area contributed by atoms with Gasteiger partial charge in [0, 0.05) is 21.7 Å². The molecule has 0 unspecified atom stereocenters. The number of anilines is 2. The van der Waals surface area contributed by atoms with Gasteiger partial charge in [0.25, 0.3) is 0 Å². The Morgan fingerprint density at radius 3 is 2.74 bits per heavy atom. The number of nitrogens with one attached hydrogen (secondary N) is 1. The highest BCUT2D eigenvalue weighted by Gasteiger charge is 2.25. The zero-order valence-corrected chi connectivity index (χ0v) is 12.3. The second kappa shape index (κ2) is 4.70. The monoisotopic (exact) mass is 322 g/mol. The van der Waals surface area contributed by atoms with Gasteiger partial charge in [-0.2, -0.15) is 0 Å². The molecule has 0 aliphatic carbocycles. The second-order valence-corrected chi connectivity index (χ2v) is 5.78. The normalized spacial score (nSPS) is 11.5. The van der Waals surface area contributed by atoms with E-state index in [0.29, 0.717) is 11.2 Å². The van der Waals surface area contributed by atoms with Gasteiger partial charge < -0.3 is 16.8 Å². The van der Waals surface area contributed by atoms with E-state index < -0.39 is 11.4 Å². The fraction of sp³-hybridized carbons (Fsp3) is 0.231. The summed E-state index contributed by atoms with van der Waals surface area (Å²) in [7, 11) is 0. The quantitative estimate of drug-likeness (QED) is 0.755. The summed E-state index contributed by atoms with van der Waals surface area (Å²) in [5.41, 5.74) is 12.5. The molecule has 6 heteroatoms. The lowest BCUT2D eigenvalue weighted by atomic mass is 10.0. The van der Waals surface area contributed by atoms with Crippen LogP contribution >= 0.6 is 15.9 Å². The number of nitrogen functional groups attached to an aromatic ring is 1. The van der Waals surface area contributed by atoms with E-state index >= 15 is 0 Å². The largest absolute Gasteiger partial charge is 0.398 e. The maximum Gasteiger partial charge on any atom is 0.242 e. The zero-order chi connectivity index (χ0) is 14.2. The third-order valence-electron chi connectivity index (χ3n) is 2.91. The van der Waals surface area contributed by atoms with Crippen LogP contribution in [0.3, 0.4) is 0 Å². The Hall–Kier alpha value is -1.82. The maximum absolute atomic E-state index is 11.4. The van der Waals surface area contributed by atoms with Gasteiger partial charge in [0.2, 0.25) is 5.91 Å². The SMILES string of the molecule is CC(C)(Nc1ccc(N)c2cc(Br)cnc12)C(N)=O. The minimum Gasteiger partial charge on any atom is -0.398 e. The van der Waals surface area contributed by atoms with Crippen molar-refractivity contribution in [2.45, 2.75) is 19.4 Å². The number of hydrogen-bond donors (Lipinski definition) is 3. The van der Waals surface area contributed by atoms with Crippen molar-refractivity contribution in [2.75, 3.05) is 11.1 Å². The molecule has 100 valence electrons. The molecule has 0 bridgehead atoms. The van der Waals surface area contributed by atoms with Gasteiger partial charge in [0.15, 0.2) is 0 Å². The molecule has 0 aliphatic rings. The number of benzene rings is 1. The second-order valence-electron chi connectivity index (χ2n) is 4.87. The summed E-state index contributed by atoms with van der Waals surface area (Å²) in [6.45, 7) is 3.44. The van der Waals surface area contributed by atoms with Crippen LogP contribution in [0, 0.1) is 0 Å². The molecule has 0 fully saturated rings. The first-order valence-corrected chi connectivity index (χ1v) is 6.52. The number of amides is 1. The minimum absolute atomic E-state index is 0.436. The molecule has 0 saturated heterocycles. The van der Waals surface area contributed by atoms with Crippen molar-refractivity contribution in [3.63, 3.8) is 0 Å². The van der Waals surface area contributed by atoms with Crippen LogP contribution in [0.1, 0.15) is 13.8 Å². The van der Waals surface area contributed by atoms with Gasteiger partial charge in [-0.25, -0.2) is 0 Å². The Bertz CT molecular complexity index is 654. The molecule has 5 N–H and O–H groups in total. The minimum atomic E-state index is -0.863. The number of nitrogens with zero attached hydrogens (tertiary/aromatic N) is 1. The lowest BCUT2D eigenvalue weighted by molar-refractivity contribution is -0.121. The summed E-state index contributed by atoms with van der Waals surface area (Å²) in [5, 5.41) is 3.92. The number of halogens is 1. The molecular formula is C13H15BrN4O. The third-order valence-corrected chi connectivity index (χ3v) is 3.35. The molecule has 19 heavy (non-hydrogen) atoms. The Labute approximate surface area is 119 Å². The van der Waals surface area contributed by atoms with Crippen molar-refractivity contribution in [1.29, 1.82) is 0 Å². The van der Waals surface area contributed by atoms with Crippen LogP contribution in [0.15, 0.2) is 28.9 Å². The molecule has 1 amide bonds. The number of rotatable bonds is 3. The van der Waals surface area contributed by atoms with E-state index in [0.717, 1.165) is 15.5 Å². The zero-order valence-electron chi connectivity index (χ0n) is 10.7. The van der Waals surface area contributed by atoms with Gasteiger partial charge >= 0.3 is 0 Å². The summed E-state index contributed by atoms with van der Waals surface area (Å²) in [6.07, 6.45) is 1.68. The molecule has 0 aliphatic heterocycles. The highest BCUT2D eigenvalue weighted by atomic mass is 79.9. The average molecular weight is 323 g/mol. The molecule has 0 radical (unpaired) electrons. The first-order chi connectivity index (χ1) is 8.81. The van der Waals surface area contributed by atoms with Crippen LogP contribution in [0.5, 0.6) is 0 Å². The molecular weight excluding hydrogens is 308 g/mol. The van der Waals surface area contributed by atoms with Crippen LogP contribution in [-0.4, -0.2) is 16.4 Å². The number of carbonyl (C=O) groups excluding carboxylic acids is 1. The Kier molecular flexibility index (Phi) is 3.36. The number of fused-ring (bicyclic) bond motifs is 1. The summed E-state index contributed by atoms with van der Waals surface area (Å²) in [5.74, 6) is -0.436. The Morgan fingerprint density at radius 1 is 1.42 bits per heavy atom.